The summed E-state index contributed by atoms with van der Waals surface area (Å²) in [6, 6.07) is 0. The van der Waals surface area contributed by atoms with Gasteiger partial charge in [0.15, 0.2) is 0 Å². The number of aliphatic hydroxyl groups excluding tert-OH is 1. The van der Waals surface area contributed by atoms with E-state index in [-0.39, 0.29) is 0 Å². The molecule has 0 saturated carbocycles. The molecule has 0 bridgehead atoms. The van der Waals surface area contributed by atoms with Crippen LogP contribution in [0.1, 0.15) is 53.4 Å². The van der Waals surface area contributed by atoms with Crippen molar-refractivity contribution in [3.05, 3.63) is 41.9 Å². The molecule has 0 aliphatic heterocycles. The summed E-state index contributed by atoms with van der Waals surface area (Å²) in [5.74, 6) is -3.32. The van der Waals surface area contributed by atoms with E-state index in [1.807, 2.05) is 0 Å². The van der Waals surface area contributed by atoms with Gasteiger partial charge in [-0.1, -0.05) is 34.9 Å². The molecule has 1 N–H and O–H groups in total. The predicted octanol–water partition coefficient (Wildman–Crippen LogP) is 5.24. The highest BCUT2D eigenvalue weighted by Gasteiger charge is 2.30. The third kappa shape index (κ3) is 9.90. The monoisotopic (exact) mass is 285 g/mol. The Labute approximate surface area is 122 Å². The lowest BCUT2D eigenvalue weighted by atomic mass is 10.0. The molecular formula is C17H27F2O. The summed E-state index contributed by atoms with van der Waals surface area (Å²) in [4.78, 5) is 0. The van der Waals surface area contributed by atoms with Crippen molar-refractivity contribution in [2.75, 3.05) is 0 Å². The Hall–Kier alpha value is -0.960. The lowest BCUT2D eigenvalue weighted by Gasteiger charge is -2.15. The van der Waals surface area contributed by atoms with Gasteiger partial charge < -0.3 is 5.11 Å². The molecule has 3 heteroatoms. The molecule has 0 aliphatic rings. The third-order valence-electron chi connectivity index (χ3n) is 3.00. The van der Waals surface area contributed by atoms with Gasteiger partial charge in [0.1, 0.15) is 6.10 Å². The molecule has 1 atom stereocenters. The van der Waals surface area contributed by atoms with E-state index in [0.29, 0.717) is 6.42 Å². The van der Waals surface area contributed by atoms with Crippen LogP contribution >= 0.6 is 0 Å². The number of hydrogen-bond donors (Lipinski definition) is 1. The standard InChI is InChI=1S/C17H27F2O/c1-13(2)8-6-9-14(3)10-7-11-15(4)12-16(20)17(5,18)19/h8,10,12,16,20H,5-7,9,11H2,1-4H3. The molecule has 115 valence electrons. The Morgan fingerprint density at radius 2 is 1.55 bits per heavy atom. The maximum Gasteiger partial charge on any atom is 0.277 e. The highest BCUT2D eigenvalue weighted by Crippen LogP contribution is 2.20. The van der Waals surface area contributed by atoms with Gasteiger partial charge in [-0.2, -0.15) is 0 Å². The quantitative estimate of drug-likeness (QED) is 0.605. The van der Waals surface area contributed by atoms with Crippen molar-refractivity contribution < 1.29 is 13.9 Å². The van der Waals surface area contributed by atoms with Gasteiger partial charge in [-0.15, -0.1) is 0 Å². The van der Waals surface area contributed by atoms with Crippen LogP contribution < -0.4 is 0 Å². The van der Waals surface area contributed by atoms with Crippen LogP contribution in [-0.4, -0.2) is 17.1 Å². The first kappa shape index (κ1) is 19.0. The Morgan fingerprint density at radius 1 is 1.05 bits per heavy atom. The van der Waals surface area contributed by atoms with Crippen molar-refractivity contribution in [1.29, 1.82) is 0 Å². The van der Waals surface area contributed by atoms with Crippen LogP contribution in [-0.2, 0) is 0 Å². The maximum atomic E-state index is 12.7. The van der Waals surface area contributed by atoms with Gasteiger partial charge in [-0.3, -0.25) is 0 Å². The van der Waals surface area contributed by atoms with Crippen molar-refractivity contribution >= 4 is 0 Å². The van der Waals surface area contributed by atoms with E-state index < -0.39 is 12.0 Å². The first-order valence-electron chi connectivity index (χ1n) is 7.00. The van der Waals surface area contributed by atoms with Gasteiger partial charge in [0.05, 0.1) is 0 Å². The first-order valence-corrected chi connectivity index (χ1v) is 7.00. The van der Waals surface area contributed by atoms with E-state index in [2.05, 4.69) is 39.8 Å². The molecule has 0 aromatic rings. The fourth-order valence-corrected chi connectivity index (χ4v) is 1.71. The van der Waals surface area contributed by atoms with Gasteiger partial charge >= 0.3 is 0 Å². The smallest absolute Gasteiger partial charge is 0.277 e. The minimum Gasteiger partial charge on any atom is -0.383 e. The SMILES string of the molecule is [CH2]C(F)(F)C(O)C=C(C)CCC=C(C)CCC=C(C)C. The van der Waals surface area contributed by atoms with Crippen molar-refractivity contribution in [1.82, 2.24) is 0 Å². The molecule has 1 nitrogen and oxygen atoms in total. The zero-order valence-corrected chi connectivity index (χ0v) is 13.0. The summed E-state index contributed by atoms with van der Waals surface area (Å²) in [5, 5.41) is 9.22. The highest BCUT2D eigenvalue weighted by atomic mass is 19.3. The van der Waals surface area contributed by atoms with E-state index in [1.54, 1.807) is 6.92 Å². The Kier molecular flexibility index (Phi) is 8.63. The molecule has 0 heterocycles. The zero-order valence-electron chi connectivity index (χ0n) is 13.0. The summed E-state index contributed by atoms with van der Waals surface area (Å²) < 4.78 is 25.4. The van der Waals surface area contributed by atoms with Gasteiger partial charge in [-0.05, 0) is 53.4 Å². The van der Waals surface area contributed by atoms with Crippen LogP contribution in [0.2, 0.25) is 0 Å². The van der Waals surface area contributed by atoms with Crippen LogP contribution in [0.5, 0.6) is 0 Å². The fourth-order valence-electron chi connectivity index (χ4n) is 1.71. The van der Waals surface area contributed by atoms with E-state index in [0.717, 1.165) is 24.8 Å². The molecule has 1 unspecified atom stereocenters. The van der Waals surface area contributed by atoms with Gasteiger partial charge in [0.2, 0.25) is 0 Å². The topological polar surface area (TPSA) is 20.2 Å². The average Bonchev–Trinajstić information content (AvgIpc) is 2.26. The number of halogens is 2. The van der Waals surface area contributed by atoms with Crippen LogP contribution in [0.25, 0.3) is 0 Å². The Balaban J connectivity index is 4.16. The normalized spacial score (nSPS) is 15.2. The predicted molar refractivity (Wildman–Crippen MR) is 81.7 cm³/mol. The number of hydrogen-bond acceptors (Lipinski definition) is 1. The van der Waals surface area contributed by atoms with Gasteiger partial charge in [-0.25, -0.2) is 8.78 Å². The molecule has 1 radical (unpaired) electrons. The largest absolute Gasteiger partial charge is 0.383 e. The Bertz CT molecular complexity index is 369. The molecular weight excluding hydrogens is 258 g/mol. The molecule has 0 saturated heterocycles. The first-order chi connectivity index (χ1) is 9.12. The molecule has 20 heavy (non-hydrogen) atoms. The molecule has 0 spiro atoms. The summed E-state index contributed by atoms with van der Waals surface area (Å²) >= 11 is 0. The third-order valence-corrected chi connectivity index (χ3v) is 3.00. The maximum absolute atomic E-state index is 12.7. The minimum absolute atomic E-state index is 0.674. The van der Waals surface area contributed by atoms with Gasteiger partial charge in [0.25, 0.3) is 5.92 Å². The zero-order chi connectivity index (χ0) is 15.8. The van der Waals surface area contributed by atoms with Crippen molar-refractivity contribution in [3.8, 4) is 0 Å². The highest BCUT2D eigenvalue weighted by molar-refractivity contribution is 5.08. The van der Waals surface area contributed by atoms with Crippen LogP contribution in [0.15, 0.2) is 34.9 Å². The fraction of sp³-hybridized carbons (Fsp3) is 0.588. The second-order valence-corrected chi connectivity index (χ2v) is 5.63. The number of allylic oxidation sites excluding steroid dienone is 5. The molecule has 0 aromatic heterocycles. The summed E-state index contributed by atoms with van der Waals surface area (Å²) in [7, 11) is 0. The summed E-state index contributed by atoms with van der Waals surface area (Å²) in [6.07, 6.45) is 7.26. The van der Waals surface area contributed by atoms with Gasteiger partial charge in [0, 0.05) is 6.92 Å². The summed E-state index contributed by atoms with van der Waals surface area (Å²) in [5.41, 5.74) is 3.38. The minimum atomic E-state index is -3.32. The number of alkyl halides is 2. The van der Waals surface area contributed by atoms with Crippen LogP contribution in [0.3, 0.4) is 0 Å². The molecule has 0 amide bonds. The lowest BCUT2D eigenvalue weighted by Crippen LogP contribution is -2.28. The number of aliphatic hydroxyl groups is 1. The second kappa shape index (κ2) is 9.06. The van der Waals surface area contributed by atoms with Crippen molar-refractivity contribution in [3.63, 3.8) is 0 Å². The van der Waals surface area contributed by atoms with Crippen molar-refractivity contribution in [2.24, 2.45) is 0 Å². The number of rotatable bonds is 8. The van der Waals surface area contributed by atoms with E-state index >= 15 is 0 Å². The molecule has 0 aromatic carbocycles. The van der Waals surface area contributed by atoms with E-state index in [1.165, 1.54) is 17.2 Å². The molecule has 0 rings (SSSR count). The van der Waals surface area contributed by atoms with E-state index in [9.17, 15) is 13.9 Å². The Morgan fingerprint density at radius 3 is 2.05 bits per heavy atom. The van der Waals surface area contributed by atoms with Crippen LogP contribution in [0.4, 0.5) is 8.78 Å². The lowest BCUT2D eigenvalue weighted by molar-refractivity contribution is -0.0480. The van der Waals surface area contributed by atoms with Crippen LogP contribution in [0, 0.1) is 6.92 Å². The average molecular weight is 285 g/mol. The van der Waals surface area contributed by atoms with Crippen molar-refractivity contribution in [2.45, 2.75) is 65.4 Å². The molecule has 0 fully saturated rings. The summed E-state index contributed by atoms with van der Waals surface area (Å²) in [6.45, 7) is 10.6. The second-order valence-electron chi connectivity index (χ2n) is 5.63. The van der Waals surface area contributed by atoms with E-state index in [4.69, 9.17) is 0 Å². The molecule has 0 aliphatic carbocycles.